The average molecular weight is 492 g/mol. The standard InChI is InChI=1S/C25H22ClN5O2S/c1-16-5-3-4-6-22(16)31-24(18-7-9-19(26)10-8-18)29-30-25(31)34-15-23(33)28-21-13-11-20(12-14-21)27-17(2)32/h3-14H,15H2,1-2H3,(H,27,32)(H,28,33). The normalized spacial score (nSPS) is 10.7. The van der Waals surface area contributed by atoms with Crippen molar-refractivity contribution < 1.29 is 9.59 Å². The summed E-state index contributed by atoms with van der Waals surface area (Å²) in [5.41, 5.74) is 4.18. The number of halogens is 1. The van der Waals surface area contributed by atoms with E-state index in [4.69, 9.17) is 11.6 Å². The third-order valence-electron chi connectivity index (χ3n) is 4.91. The molecular weight excluding hydrogens is 470 g/mol. The maximum Gasteiger partial charge on any atom is 0.234 e. The van der Waals surface area contributed by atoms with Gasteiger partial charge in [0, 0.05) is 28.9 Å². The van der Waals surface area contributed by atoms with E-state index in [0.29, 0.717) is 27.4 Å². The zero-order chi connectivity index (χ0) is 24.1. The molecule has 4 aromatic rings. The number of carbonyl (C=O) groups is 2. The van der Waals surface area contributed by atoms with Gasteiger partial charge in [-0.3, -0.25) is 14.2 Å². The highest BCUT2D eigenvalue weighted by molar-refractivity contribution is 7.99. The summed E-state index contributed by atoms with van der Waals surface area (Å²) in [5.74, 6) is 0.494. The summed E-state index contributed by atoms with van der Waals surface area (Å²) in [4.78, 5) is 23.8. The molecule has 1 heterocycles. The number of aromatic nitrogens is 3. The molecule has 0 bridgehead atoms. The van der Waals surface area contributed by atoms with Gasteiger partial charge in [0.1, 0.15) is 0 Å². The number of carbonyl (C=O) groups excluding carboxylic acids is 2. The molecule has 172 valence electrons. The summed E-state index contributed by atoms with van der Waals surface area (Å²) in [7, 11) is 0. The number of aryl methyl sites for hydroxylation is 1. The predicted octanol–water partition coefficient (Wildman–Crippen LogP) is 5.59. The molecule has 2 amide bonds. The predicted molar refractivity (Wildman–Crippen MR) is 137 cm³/mol. The topological polar surface area (TPSA) is 88.9 Å². The van der Waals surface area contributed by atoms with E-state index in [2.05, 4.69) is 20.8 Å². The third kappa shape index (κ3) is 5.65. The van der Waals surface area contributed by atoms with Crippen LogP contribution in [-0.2, 0) is 9.59 Å². The van der Waals surface area contributed by atoms with Crippen LogP contribution in [0.2, 0.25) is 5.02 Å². The summed E-state index contributed by atoms with van der Waals surface area (Å²) >= 11 is 7.36. The van der Waals surface area contributed by atoms with Crippen molar-refractivity contribution in [3.63, 3.8) is 0 Å². The first-order chi connectivity index (χ1) is 16.4. The molecule has 3 aromatic carbocycles. The van der Waals surface area contributed by atoms with Crippen LogP contribution >= 0.6 is 23.4 Å². The van der Waals surface area contributed by atoms with Gasteiger partial charge in [0.25, 0.3) is 0 Å². The van der Waals surface area contributed by atoms with E-state index in [1.54, 1.807) is 24.3 Å². The smallest absolute Gasteiger partial charge is 0.234 e. The van der Waals surface area contributed by atoms with E-state index in [-0.39, 0.29) is 17.6 Å². The Kier molecular flexibility index (Phi) is 7.30. The van der Waals surface area contributed by atoms with E-state index in [9.17, 15) is 9.59 Å². The highest BCUT2D eigenvalue weighted by Crippen LogP contribution is 2.30. The van der Waals surface area contributed by atoms with E-state index >= 15 is 0 Å². The van der Waals surface area contributed by atoms with Crippen molar-refractivity contribution in [1.82, 2.24) is 14.8 Å². The molecule has 2 N–H and O–H groups in total. The fraction of sp³-hybridized carbons (Fsp3) is 0.120. The minimum Gasteiger partial charge on any atom is -0.326 e. The molecule has 0 saturated heterocycles. The van der Waals surface area contributed by atoms with Gasteiger partial charge < -0.3 is 10.6 Å². The number of anilines is 2. The lowest BCUT2D eigenvalue weighted by Crippen LogP contribution is -2.15. The largest absolute Gasteiger partial charge is 0.326 e. The quantitative estimate of drug-likeness (QED) is 0.329. The lowest BCUT2D eigenvalue weighted by molar-refractivity contribution is -0.114. The molecule has 7 nitrogen and oxygen atoms in total. The maximum atomic E-state index is 12.6. The second kappa shape index (κ2) is 10.5. The van der Waals surface area contributed by atoms with Crippen molar-refractivity contribution in [2.24, 2.45) is 0 Å². The first-order valence-corrected chi connectivity index (χ1v) is 11.8. The number of amides is 2. The summed E-state index contributed by atoms with van der Waals surface area (Å²) in [5, 5.41) is 15.6. The summed E-state index contributed by atoms with van der Waals surface area (Å²) in [6.07, 6.45) is 0. The molecule has 1 aromatic heterocycles. The second-order valence-electron chi connectivity index (χ2n) is 7.53. The maximum absolute atomic E-state index is 12.6. The first-order valence-electron chi connectivity index (χ1n) is 10.5. The van der Waals surface area contributed by atoms with Gasteiger partial charge in [0.05, 0.1) is 11.4 Å². The highest BCUT2D eigenvalue weighted by Gasteiger charge is 2.18. The Morgan fingerprint density at radius 3 is 2.21 bits per heavy atom. The van der Waals surface area contributed by atoms with Gasteiger partial charge in [0.15, 0.2) is 11.0 Å². The molecule has 0 saturated carbocycles. The fourth-order valence-electron chi connectivity index (χ4n) is 3.35. The molecule has 0 fully saturated rings. The van der Waals surface area contributed by atoms with Gasteiger partial charge in [-0.1, -0.05) is 41.6 Å². The Hall–Kier alpha value is -3.62. The Morgan fingerprint density at radius 2 is 1.56 bits per heavy atom. The van der Waals surface area contributed by atoms with Gasteiger partial charge in [0.2, 0.25) is 11.8 Å². The van der Waals surface area contributed by atoms with Crippen LogP contribution in [0.25, 0.3) is 17.1 Å². The number of thioether (sulfide) groups is 1. The van der Waals surface area contributed by atoms with Crippen molar-refractivity contribution in [2.45, 2.75) is 19.0 Å². The van der Waals surface area contributed by atoms with E-state index in [1.807, 2.05) is 60.0 Å². The molecule has 34 heavy (non-hydrogen) atoms. The van der Waals surface area contributed by atoms with Crippen LogP contribution in [0.1, 0.15) is 12.5 Å². The van der Waals surface area contributed by atoms with Crippen molar-refractivity contribution in [2.75, 3.05) is 16.4 Å². The van der Waals surface area contributed by atoms with Crippen molar-refractivity contribution in [3.8, 4) is 17.1 Å². The molecule has 0 atom stereocenters. The highest BCUT2D eigenvalue weighted by atomic mass is 35.5. The number of rotatable bonds is 7. The van der Waals surface area contributed by atoms with Crippen LogP contribution in [-0.4, -0.2) is 32.3 Å². The zero-order valence-corrected chi connectivity index (χ0v) is 20.2. The molecule has 0 aliphatic heterocycles. The first kappa shape index (κ1) is 23.5. The van der Waals surface area contributed by atoms with E-state index < -0.39 is 0 Å². The Labute approximate surface area is 206 Å². The molecule has 4 rings (SSSR count). The van der Waals surface area contributed by atoms with Gasteiger partial charge >= 0.3 is 0 Å². The summed E-state index contributed by atoms with van der Waals surface area (Å²) in [6, 6.07) is 22.3. The lowest BCUT2D eigenvalue weighted by Gasteiger charge is -2.13. The van der Waals surface area contributed by atoms with Crippen LogP contribution in [0, 0.1) is 6.92 Å². The lowest BCUT2D eigenvalue weighted by atomic mass is 10.1. The number of nitrogens with zero attached hydrogens (tertiary/aromatic N) is 3. The van der Waals surface area contributed by atoms with Crippen molar-refractivity contribution in [1.29, 1.82) is 0 Å². The zero-order valence-electron chi connectivity index (χ0n) is 18.6. The third-order valence-corrected chi connectivity index (χ3v) is 6.09. The number of benzene rings is 3. The van der Waals surface area contributed by atoms with Gasteiger partial charge in [-0.2, -0.15) is 0 Å². The molecule has 0 unspecified atom stereocenters. The van der Waals surface area contributed by atoms with Crippen LogP contribution in [0.3, 0.4) is 0 Å². The molecule has 0 radical (unpaired) electrons. The van der Waals surface area contributed by atoms with Crippen molar-refractivity contribution in [3.05, 3.63) is 83.4 Å². The Bertz CT molecular complexity index is 1320. The number of nitrogens with one attached hydrogen (secondary N) is 2. The van der Waals surface area contributed by atoms with Crippen LogP contribution in [0.5, 0.6) is 0 Å². The second-order valence-corrected chi connectivity index (χ2v) is 8.91. The molecule has 0 aliphatic carbocycles. The number of hydrogen-bond acceptors (Lipinski definition) is 5. The summed E-state index contributed by atoms with van der Waals surface area (Å²) < 4.78 is 1.96. The molecular formula is C25H22ClN5O2S. The molecule has 0 aliphatic rings. The Morgan fingerprint density at radius 1 is 0.912 bits per heavy atom. The fourth-order valence-corrected chi connectivity index (χ4v) is 4.22. The van der Waals surface area contributed by atoms with Crippen molar-refractivity contribution >= 4 is 46.6 Å². The molecule has 0 spiro atoms. The van der Waals surface area contributed by atoms with Crippen LogP contribution in [0.15, 0.2) is 78.0 Å². The Balaban J connectivity index is 1.54. The molecule has 9 heteroatoms. The van der Waals surface area contributed by atoms with E-state index in [0.717, 1.165) is 16.8 Å². The van der Waals surface area contributed by atoms with Gasteiger partial charge in [-0.25, -0.2) is 0 Å². The van der Waals surface area contributed by atoms with Gasteiger partial charge in [-0.15, -0.1) is 10.2 Å². The minimum absolute atomic E-state index is 0.149. The van der Waals surface area contributed by atoms with Gasteiger partial charge in [-0.05, 0) is 67.1 Å². The monoisotopic (exact) mass is 491 g/mol. The number of hydrogen-bond donors (Lipinski definition) is 2. The number of para-hydroxylation sites is 1. The van der Waals surface area contributed by atoms with Crippen LogP contribution in [0.4, 0.5) is 11.4 Å². The average Bonchev–Trinajstić information content (AvgIpc) is 3.23. The minimum atomic E-state index is -0.176. The summed E-state index contributed by atoms with van der Waals surface area (Å²) in [6.45, 7) is 3.47. The van der Waals surface area contributed by atoms with E-state index in [1.165, 1.54) is 18.7 Å². The SMILES string of the molecule is CC(=O)Nc1ccc(NC(=O)CSc2nnc(-c3ccc(Cl)cc3)n2-c2ccccc2C)cc1. The van der Waals surface area contributed by atoms with Crippen LogP contribution < -0.4 is 10.6 Å².